The zero-order chi connectivity index (χ0) is 95.6. The SMILES string of the molecule is CCC(C)(C)C(=O)OCOC1C2CC3CC(C2)CC1C3.CCC(C)(C)C(=O)OCOC1CC2CCC1C2.CCC(C)(C)C(=O)OCOCC12CC3CC(CC(C3)C1)C2.CCC(C)C(=O)OCOC1C2CC3CC(C2)CC1C3.CCC(C)C(=O)OCOC1CC2CC1C1C3CCC(C3)C21.CCC(C)C(=O)OCOC1CC2CCC1C2.CCC(C)C(=O)OCOCC12CC3CC(CC(C3)C1)C2. The molecule has 24 fully saturated rings. The van der Waals surface area contributed by atoms with Crippen LogP contribution < -0.4 is 0 Å². The van der Waals surface area contributed by atoms with Crippen LogP contribution in [0, 0.1) is 193 Å². The molecular weight excluding hydrogens is 1690 g/mol. The number of carbonyl (C=O) groups excluding carboxylic acids is 7. The highest BCUT2D eigenvalue weighted by Gasteiger charge is 2.63. The average molecular weight is 1880 g/mol. The first-order chi connectivity index (χ1) is 64.1. The van der Waals surface area contributed by atoms with E-state index in [1.54, 1.807) is 0 Å². The van der Waals surface area contributed by atoms with Gasteiger partial charge in [-0.2, -0.15) is 0 Å². The molecule has 0 saturated heterocycles. The average Bonchev–Trinajstić information content (AvgIpc) is 1.54. The van der Waals surface area contributed by atoms with Crippen LogP contribution in [0.25, 0.3) is 0 Å². The highest BCUT2D eigenvalue weighted by atomic mass is 16.7. The van der Waals surface area contributed by atoms with Gasteiger partial charge in [-0.3, -0.25) is 33.6 Å². The normalized spacial score (nSPS) is 39.1. The first-order valence-corrected chi connectivity index (χ1v) is 55.5. The molecule has 134 heavy (non-hydrogen) atoms. The molecule has 17 atom stereocenters. The summed E-state index contributed by atoms with van der Waals surface area (Å²) in [4.78, 5) is 81.9. The van der Waals surface area contributed by atoms with Gasteiger partial charge in [-0.25, -0.2) is 0 Å². The maximum atomic E-state index is 11.9. The molecule has 21 nitrogen and oxygen atoms in total. The van der Waals surface area contributed by atoms with Crippen molar-refractivity contribution < 1.29 is 99.9 Å². The van der Waals surface area contributed by atoms with Crippen molar-refractivity contribution in [3.63, 3.8) is 0 Å². The Hall–Kier alpha value is -3.99. The first-order valence-electron chi connectivity index (χ1n) is 55.5. The molecule has 0 N–H and O–H groups in total. The lowest BCUT2D eigenvalue weighted by Gasteiger charge is -2.56. The lowest BCUT2D eigenvalue weighted by atomic mass is 9.50. The minimum Gasteiger partial charge on any atom is -0.438 e. The molecule has 0 aromatic rings. The Kier molecular flexibility index (Phi) is 37.5. The fourth-order valence-electron chi connectivity index (χ4n) is 31.5. The van der Waals surface area contributed by atoms with Crippen LogP contribution in [0.3, 0.4) is 0 Å². The van der Waals surface area contributed by atoms with Crippen LogP contribution in [0.1, 0.15) is 387 Å². The van der Waals surface area contributed by atoms with Crippen molar-refractivity contribution in [2.75, 3.05) is 60.8 Å². The first kappa shape index (κ1) is 106. The Labute approximate surface area is 808 Å². The van der Waals surface area contributed by atoms with Gasteiger partial charge in [0.15, 0.2) is 47.6 Å². The highest BCUT2D eigenvalue weighted by molar-refractivity contribution is 5.77. The minimum atomic E-state index is -0.399. The molecule has 24 saturated carbocycles. The molecule has 764 valence electrons. The van der Waals surface area contributed by atoms with Gasteiger partial charge in [0.2, 0.25) is 0 Å². The van der Waals surface area contributed by atoms with Crippen molar-refractivity contribution in [2.45, 2.75) is 418 Å². The van der Waals surface area contributed by atoms with Crippen molar-refractivity contribution in [3.8, 4) is 0 Å². The lowest BCUT2D eigenvalue weighted by molar-refractivity contribution is -0.193. The number of hydrogen-bond donors (Lipinski definition) is 0. The Morgan fingerprint density at radius 3 is 0.858 bits per heavy atom. The predicted octanol–water partition coefficient (Wildman–Crippen LogP) is 24.5. The van der Waals surface area contributed by atoms with Gasteiger partial charge in [0, 0.05) is 0 Å². The number of ether oxygens (including phenoxy) is 14. The largest absolute Gasteiger partial charge is 0.438 e. The molecule has 0 heterocycles. The van der Waals surface area contributed by atoms with E-state index in [-0.39, 0.29) is 113 Å². The molecular formula is C113H186O21. The second-order valence-corrected chi connectivity index (χ2v) is 50.4. The summed E-state index contributed by atoms with van der Waals surface area (Å²) in [6, 6.07) is 0. The summed E-state index contributed by atoms with van der Waals surface area (Å²) in [6.45, 7) is 35.8. The van der Waals surface area contributed by atoms with E-state index in [0.29, 0.717) is 41.3 Å². The number of fused-ring (bicyclic) bond motifs is 13. The van der Waals surface area contributed by atoms with E-state index in [4.69, 9.17) is 66.3 Å². The molecule has 0 aliphatic heterocycles. The molecule has 0 aromatic carbocycles. The van der Waals surface area contributed by atoms with Gasteiger partial charge < -0.3 is 66.3 Å². The van der Waals surface area contributed by atoms with E-state index < -0.39 is 16.2 Å². The molecule has 21 heteroatoms. The molecule has 24 bridgehead atoms. The minimum absolute atomic E-state index is 0.0105. The topological polar surface area (TPSA) is 249 Å². The van der Waals surface area contributed by atoms with E-state index in [9.17, 15) is 33.6 Å². The maximum Gasteiger partial charge on any atom is 0.313 e. The summed E-state index contributed by atoms with van der Waals surface area (Å²) < 4.78 is 77.5. The van der Waals surface area contributed by atoms with Gasteiger partial charge in [-0.05, 0) is 464 Å². The summed E-state index contributed by atoms with van der Waals surface area (Å²) in [5.74, 6) is 20.3. The summed E-state index contributed by atoms with van der Waals surface area (Å²) in [5.41, 5.74) is -0.367. The number of carbonyl (C=O) groups is 7. The van der Waals surface area contributed by atoms with Crippen molar-refractivity contribution in [3.05, 3.63) is 0 Å². The van der Waals surface area contributed by atoms with E-state index in [1.165, 1.54) is 225 Å². The van der Waals surface area contributed by atoms with Gasteiger partial charge in [0.25, 0.3) is 0 Å². The zero-order valence-corrected chi connectivity index (χ0v) is 86.7. The fourth-order valence-corrected chi connectivity index (χ4v) is 31.5. The van der Waals surface area contributed by atoms with Crippen LogP contribution in [-0.4, -0.2) is 133 Å². The predicted molar refractivity (Wildman–Crippen MR) is 513 cm³/mol. The van der Waals surface area contributed by atoms with Gasteiger partial charge in [-0.1, -0.05) is 76.2 Å². The third-order valence-electron chi connectivity index (χ3n) is 39.7. The third kappa shape index (κ3) is 26.7. The van der Waals surface area contributed by atoms with Crippen LogP contribution in [0.15, 0.2) is 0 Å². The number of esters is 7. The Morgan fingerprint density at radius 1 is 0.261 bits per heavy atom. The van der Waals surface area contributed by atoms with Crippen LogP contribution >= 0.6 is 0 Å². The van der Waals surface area contributed by atoms with Crippen LogP contribution in [0.4, 0.5) is 0 Å². The second kappa shape index (κ2) is 47.5. The van der Waals surface area contributed by atoms with Crippen LogP contribution in [0.2, 0.25) is 0 Å². The summed E-state index contributed by atoms with van der Waals surface area (Å²) in [6.07, 6.45) is 55.3. The van der Waals surface area contributed by atoms with E-state index in [0.717, 1.165) is 200 Å². The summed E-state index contributed by atoms with van der Waals surface area (Å²) in [7, 11) is 0. The molecule has 0 radical (unpaired) electrons. The molecule has 0 aromatic heterocycles. The second-order valence-electron chi connectivity index (χ2n) is 50.4. The van der Waals surface area contributed by atoms with Crippen LogP contribution in [0.5, 0.6) is 0 Å². The van der Waals surface area contributed by atoms with Gasteiger partial charge in [-0.15, -0.1) is 0 Å². The maximum absolute atomic E-state index is 11.9. The van der Waals surface area contributed by atoms with E-state index in [2.05, 4.69) is 0 Å². The monoisotopic (exact) mass is 1880 g/mol. The smallest absolute Gasteiger partial charge is 0.313 e. The third-order valence-corrected chi connectivity index (χ3v) is 39.7. The Bertz CT molecular complexity index is 3630. The summed E-state index contributed by atoms with van der Waals surface area (Å²) >= 11 is 0. The summed E-state index contributed by atoms with van der Waals surface area (Å²) in [5, 5.41) is 0. The zero-order valence-electron chi connectivity index (χ0n) is 86.7. The molecule has 24 aliphatic rings. The number of rotatable bonds is 37. The quantitative estimate of drug-likeness (QED) is 0.0184. The standard InChI is InChI=1S/C18H28O3.C18H30O3.2C17H28O3.C16H26O3.C14H24O3.C13H22O3/c1-3-10(2)18(19)21-9-20-15-8-13-7-14(15)17-12-5-4-11(6-12)16(13)17;1-4-17(2,3)16(19)21-12-20-11-18-8-13-5-14(9-18)7-15(6-13)10-18;1-4-17(2,3)16(18)20-10-19-15-13-6-11-5-12(8-13)9-14(15)7-11;1-3-12(2)16(18)20-11-19-10-17-7-13-4-14(8-17)6-15(5-13)9-17;1-3-10(2)16(17)19-9-18-15-13-5-11-4-12(7-13)8-14(15)6-11;1-4-14(2,3)13(15)17-9-16-12-8-10-5-6-11(12)7-10;1-3-9(2)13(14)16-8-15-12-7-10-4-5-11(12)6-10/h10-17H,3-9H2,1-2H3;13-15H,4-12H2,1-3H3;11-15H,4-10H2,1-3H3;12-15H,3-11H2,1-2H3;10-15H,3-9H2,1-2H3;10-12H,4-9H2,1-3H3;9-12H,3-8H2,1-2H3. The van der Waals surface area contributed by atoms with Gasteiger partial charge in [0.1, 0.15) is 0 Å². The Morgan fingerprint density at radius 2 is 0.537 bits per heavy atom. The molecule has 24 aliphatic carbocycles. The fraction of sp³-hybridized carbons (Fsp3) is 0.938. The van der Waals surface area contributed by atoms with Crippen molar-refractivity contribution in [1.29, 1.82) is 0 Å². The lowest BCUT2D eigenvalue weighted by Crippen LogP contribution is -2.49. The molecule has 24 rings (SSSR count). The van der Waals surface area contributed by atoms with Crippen molar-refractivity contribution in [1.82, 2.24) is 0 Å². The Balaban J connectivity index is 0.000000126. The van der Waals surface area contributed by atoms with Crippen molar-refractivity contribution >= 4 is 41.8 Å². The van der Waals surface area contributed by atoms with Crippen LogP contribution in [-0.2, 0) is 99.9 Å². The van der Waals surface area contributed by atoms with Gasteiger partial charge in [0.05, 0.1) is 83.7 Å². The highest BCUT2D eigenvalue weighted by Crippen LogP contribution is 2.69. The molecule has 0 spiro atoms. The van der Waals surface area contributed by atoms with E-state index >= 15 is 0 Å². The molecule has 0 amide bonds. The molecule has 17 unspecified atom stereocenters. The number of hydrogen-bond acceptors (Lipinski definition) is 21. The van der Waals surface area contributed by atoms with Gasteiger partial charge >= 0.3 is 41.8 Å². The van der Waals surface area contributed by atoms with Crippen molar-refractivity contribution in [2.24, 2.45) is 193 Å². The van der Waals surface area contributed by atoms with E-state index in [1.807, 2.05) is 118 Å².